The van der Waals surface area contributed by atoms with Crippen molar-refractivity contribution >= 4 is 73.3 Å². The Kier molecular flexibility index (Phi) is 9.62. The minimum absolute atomic E-state index is 0.0539. The predicted octanol–water partition coefficient (Wildman–Crippen LogP) is 3.92. The molecule has 0 fully saturated rings. The molecular formula is C21H24Cl2IN3O4S. The van der Waals surface area contributed by atoms with Gasteiger partial charge in [-0.2, -0.15) is 0 Å². The molecule has 2 rings (SSSR count). The third kappa shape index (κ3) is 7.23. The number of likely N-dealkylation sites (N-methyl/N-ethyl adjacent to an activating group) is 1. The Morgan fingerprint density at radius 1 is 1.09 bits per heavy atom. The molecule has 7 nitrogen and oxygen atoms in total. The molecule has 11 heteroatoms. The van der Waals surface area contributed by atoms with Crippen LogP contribution in [0, 0.1) is 3.57 Å². The van der Waals surface area contributed by atoms with Crippen LogP contribution in [0.25, 0.3) is 0 Å². The number of benzene rings is 2. The number of carbonyl (C=O) groups excluding carboxylic acids is 2. The van der Waals surface area contributed by atoms with Gasteiger partial charge < -0.3 is 10.2 Å². The van der Waals surface area contributed by atoms with Gasteiger partial charge >= 0.3 is 0 Å². The number of sulfonamides is 1. The predicted molar refractivity (Wildman–Crippen MR) is 137 cm³/mol. The second-order valence-electron chi connectivity index (χ2n) is 7.09. The SMILES string of the molecule is CCNC(=O)C(C)N(Cc1ccc(Cl)c(Cl)c1)C(=O)CN(c1ccc(I)cc1)S(C)(=O)=O. The van der Waals surface area contributed by atoms with Gasteiger partial charge in [-0.05, 0) is 78.4 Å². The normalized spacial score (nSPS) is 12.2. The maximum atomic E-state index is 13.3. The summed E-state index contributed by atoms with van der Waals surface area (Å²) in [7, 11) is -3.76. The summed E-state index contributed by atoms with van der Waals surface area (Å²) in [6, 6.07) is 10.9. The summed E-state index contributed by atoms with van der Waals surface area (Å²) in [4.78, 5) is 27.2. The van der Waals surface area contributed by atoms with Gasteiger partial charge in [0.05, 0.1) is 22.0 Å². The Morgan fingerprint density at radius 2 is 1.72 bits per heavy atom. The monoisotopic (exact) mass is 611 g/mol. The number of anilines is 1. The second-order valence-corrected chi connectivity index (χ2v) is 11.1. The molecule has 2 aromatic rings. The molecule has 0 bridgehead atoms. The quantitative estimate of drug-likeness (QED) is 0.436. The Hall–Kier alpha value is -1.56. The smallest absolute Gasteiger partial charge is 0.244 e. The van der Waals surface area contributed by atoms with E-state index < -0.39 is 28.5 Å². The molecule has 1 unspecified atom stereocenters. The summed E-state index contributed by atoms with van der Waals surface area (Å²) in [5, 5.41) is 3.38. The number of amides is 2. The van der Waals surface area contributed by atoms with Gasteiger partial charge in [0.15, 0.2) is 0 Å². The maximum Gasteiger partial charge on any atom is 0.244 e. The molecule has 2 aromatic carbocycles. The van der Waals surface area contributed by atoms with E-state index >= 15 is 0 Å². The van der Waals surface area contributed by atoms with Crippen LogP contribution in [0.3, 0.4) is 0 Å². The zero-order chi connectivity index (χ0) is 24.1. The van der Waals surface area contributed by atoms with E-state index in [1.165, 1.54) is 4.90 Å². The van der Waals surface area contributed by atoms with Crippen molar-refractivity contribution in [2.45, 2.75) is 26.4 Å². The van der Waals surface area contributed by atoms with Crippen LogP contribution in [0.15, 0.2) is 42.5 Å². The Bertz CT molecular complexity index is 1080. The first-order valence-corrected chi connectivity index (χ1v) is 13.4. The molecule has 32 heavy (non-hydrogen) atoms. The molecule has 1 N–H and O–H groups in total. The van der Waals surface area contributed by atoms with Gasteiger partial charge in [-0.15, -0.1) is 0 Å². The van der Waals surface area contributed by atoms with E-state index in [9.17, 15) is 18.0 Å². The van der Waals surface area contributed by atoms with Crippen molar-refractivity contribution in [1.29, 1.82) is 0 Å². The Balaban J connectivity index is 2.39. The fourth-order valence-electron chi connectivity index (χ4n) is 2.96. The first-order chi connectivity index (χ1) is 14.9. The van der Waals surface area contributed by atoms with Crippen molar-refractivity contribution in [1.82, 2.24) is 10.2 Å². The molecule has 174 valence electrons. The molecule has 0 heterocycles. The number of hydrogen-bond acceptors (Lipinski definition) is 4. The zero-order valence-corrected chi connectivity index (χ0v) is 22.3. The van der Waals surface area contributed by atoms with Gasteiger partial charge in [-0.1, -0.05) is 29.3 Å². The van der Waals surface area contributed by atoms with E-state index in [2.05, 4.69) is 27.9 Å². The van der Waals surface area contributed by atoms with E-state index in [-0.39, 0.29) is 12.5 Å². The van der Waals surface area contributed by atoms with Crippen LogP contribution in [-0.2, 0) is 26.2 Å². The molecule has 0 aromatic heterocycles. The average Bonchev–Trinajstić information content (AvgIpc) is 2.72. The lowest BCUT2D eigenvalue weighted by Gasteiger charge is -2.31. The molecule has 0 aliphatic rings. The minimum atomic E-state index is -3.76. The second kappa shape index (κ2) is 11.5. The summed E-state index contributed by atoms with van der Waals surface area (Å²) in [5.41, 5.74) is 1.02. The van der Waals surface area contributed by atoms with Gasteiger partial charge in [0.1, 0.15) is 12.6 Å². The van der Waals surface area contributed by atoms with Crippen LogP contribution in [0.5, 0.6) is 0 Å². The van der Waals surface area contributed by atoms with E-state index in [0.717, 1.165) is 14.1 Å². The molecule has 0 aliphatic carbocycles. The van der Waals surface area contributed by atoms with E-state index in [4.69, 9.17) is 23.2 Å². The van der Waals surface area contributed by atoms with E-state index in [0.29, 0.717) is 27.8 Å². The molecule has 0 radical (unpaired) electrons. The van der Waals surface area contributed by atoms with Gasteiger partial charge in [-0.25, -0.2) is 8.42 Å². The number of halogens is 3. The lowest BCUT2D eigenvalue weighted by Crippen LogP contribution is -2.51. The molecule has 2 amide bonds. The third-order valence-electron chi connectivity index (χ3n) is 4.65. The topological polar surface area (TPSA) is 86.8 Å². The highest BCUT2D eigenvalue weighted by Gasteiger charge is 2.30. The van der Waals surface area contributed by atoms with Crippen molar-refractivity contribution in [3.8, 4) is 0 Å². The highest BCUT2D eigenvalue weighted by Crippen LogP contribution is 2.24. The average molecular weight is 612 g/mol. The Morgan fingerprint density at radius 3 is 2.25 bits per heavy atom. The molecule has 1 atom stereocenters. The Labute approximate surface area is 212 Å². The number of nitrogens with one attached hydrogen (secondary N) is 1. The standard InChI is InChI=1S/C21H24Cl2IN3O4S/c1-4-25-21(29)14(2)26(12-15-5-10-18(22)19(23)11-15)20(28)13-27(32(3,30)31)17-8-6-16(24)7-9-17/h5-11,14H,4,12-13H2,1-3H3,(H,25,29). The number of rotatable bonds is 9. The fourth-order valence-corrected chi connectivity index (χ4v) is 4.49. The number of hydrogen-bond donors (Lipinski definition) is 1. The lowest BCUT2D eigenvalue weighted by molar-refractivity contribution is -0.139. The molecule has 0 aliphatic heterocycles. The maximum absolute atomic E-state index is 13.3. The summed E-state index contributed by atoms with van der Waals surface area (Å²) >= 11 is 14.2. The van der Waals surface area contributed by atoms with Gasteiger partial charge in [0.2, 0.25) is 21.8 Å². The van der Waals surface area contributed by atoms with Crippen LogP contribution in [0.2, 0.25) is 10.0 Å². The van der Waals surface area contributed by atoms with E-state index in [1.54, 1.807) is 56.3 Å². The van der Waals surface area contributed by atoms with Gasteiger partial charge in [0.25, 0.3) is 0 Å². The molecule has 0 spiro atoms. The molecule has 0 saturated carbocycles. The van der Waals surface area contributed by atoms with Crippen LogP contribution in [0.1, 0.15) is 19.4 Å². The highest BCUT2D eigenvalue weighted by atomic mass is 127. The first-order valence-electron chi connectivity index (χ1n) is 9.68. The van der Waals surface area contributed by atoms with E-state index in [1.807, 2.05) is 0 Å². The fraction of sp³-hybridized carbons (Fsp3) is 0.333. The van der Waals surface area contributed by atoms with Crippen LogP contribution in [-0.4, -0.2) is 50.5 Å². The van der Waals surface area contributed by atoms with Gasteiger partial charge in [-0.3, -0.25) is 13.9 Å². The van der Waals surface area contributed by atoms with Crippen LogP contribution < -0.4 is 9.62 Å². The summed E-state index contributed by atoms with van der Waals surface area (Å²) in [6.07, 6.45) is 1.04. The van der Waals surface area contributed by atoms with Crippen LogP contribution in [0.4, 0.5) is 5.69 Å². The summed E-state index contributed by atoms with van der Waals surface area (Å²) in [5.74, 6) is -0.875. The highest BCUT2D eigenvalue weighted by molar-refractivity contribution is 14.1. The first kappa shape index (κ1) is 26.7. The minimum Gasteiger partial charge on any atom is -0.355 e. The summed E-state index contributed by atoms with van der Waals surface area (Å²) in [6.45, 7) is 3.37. The van der Waals surface area contributed by atoms with Crippen molar-refractivity contribution in [3.05, 3.63) is 61.6 Å². The zero-order valence-electron chi connectivity index (χ0n) is 17.8. The van der Waals surface area contributed by atoms with Crippen molar-refractivity contribution in [2.24, 2.45) is 0 Å². The van der Waals surface area contributed by atoms with Crippen molar-refractivity contribution < 1.29 is 18.0 Å². The summed E-state index contributed by atoms with van der Waals surface area (Å²) < 4.78 is 26.9. The number of carbonyl (C=O) groups is 2. The van der Waals surface area contributed by atoms with Crippen molar-refractivity contribution in [3.63, 3.8) is 0 Å². The third-order valence-corrected chi connectivity index (χ3v) is 7.25. The van der Waals surface area contributed by atoms with Crippen molar-refractivity contribution in [2.75, 3.05) is 23.7 Å². The van der Waals surface area contributed by atoms with Crippen LogP contribution >= 0.6 is 45.8 Å². The van der Waals surface area contributed by atoms with Gasteiger partial charge in [0, 0.05) is 16.7 Å². The molecular weight excluding hydrogens is 588 g/mol. The lowest BCUT2D eigenvalue weighted by atomic mass is 10.1. The number of nitrogens with zero attached hydrogens (tertiary/aromatic N) is 2. The largest absolute Gasteiger partial charge is 0.355 e. The molecule has 0 saturated heterocycles.